The Morgan fingerprint density at radius 3 is 2.38 bits per heavy atom. The van der Waals surface area contributed by atoms with Gasteiger partial charge in [0.2, 0.25) is 0 Å². The number of H-pyrrole nitrogens is 1. The molecule has 0 aliphatic heterocycles. The van der Waals surface area contributed by atoms with Crippen molar-refractivity contribution in [2.45, 2.75) is 0 Å². The monoisotopic (exact) mass is 220 g/mol. The molecule has 0 aliphatic rings. The summed E-state index contributed by atoms with van der Waals surface area (Å²) in [6.07, 6.45) is 6.70. The maximum atomic E-state index is 10.3. The van der Waals surface area contributed by atoms with Gasteiger partial charge in [0, 0.05) is 12.4 Å². The highest BCUT2D eigenvalue weighted by atomic mass is 16.1. The van der Waals surface area contributed by atoms with E-state index in [-0.39, 0.29) is 11.4 Å². The van der Waals surface area contributed by atoms with Crippen LogP contribution < -0.4 is 11.4 Å². The van der Waals surface area contributed by atoms with E-state index < -0.39 is 5.91 Å². The van der Waals surface area contributed by atoms with Gasteiger partial charge in [0.15, 0.2) is 0 Å². The van der Waals surface area contributed by atoms with Crippen molar-refractivity contribution in [2.24, 2.45) is 5.73 Å². The summed E-state index contributed by atoms with van der Waals surface area (Å²) in [6, 6.07) is 0. The summed E-state index contributed by atoms with van der Waals surface area (Å²) in [5, 5.41) is 0. The Kier molecular flexibility index (Phi) is 4.26. The van der Waals surface area contributed by atoms with Crippen molar-refractivity contribution in [1.82, 2.24) is 24.9 Å². The van der Waals surface area contributed by atoms with Gasteiger partial charge in [0.25, 0.3) is 5.91 Å². The Labute approximate surface area is 89.6 Å². The molecule has 16 heavy (non-hydrogen) atoms. The number of carbonyl (C=O) groups excluding carboxylic acids is 1. The zero-order chi connectivity index (χ0) is 11.8. The van der Waals surface area contributed by atoms with E-state index in [1.807, 2.05) is 0 Å². The van der Waals surface area contributed by atoms with Gasteiger partial charge in [-0.3, -0.25) is 14.8 Å². The van der Waals surface area contributed by atoms with E-state index in [2.05, 4.69) is 24.9 Å². The minimum atomic E-state index is -0.553. The Hall–Kier alpha value is -2.64. The number of carbonyl (C=O) groups is 1. The van der Waals surface area contributed by atoms with Gasteiger partial charge in [-0.2, -0.15) is 4.98 Å². The average Bonchev–Trinajstić information content (AvgIpc) is 2.32. The van der Waals surface area contributed by atoms with Crippen LogP contribution in [0.1, 0.15) is 10.5 Å². The predicted molar refractivity (Wildman–Crippen MR) is 53.2 cm³/mol. The molecule has 0 bridgehead atoms. The molecule has 2 aromatic rings. The average molecular weight is 220 g/mol. The van der Waals surface area contributed by atoms with Crippen LogP contribution in [0.25, 0.3) is 0 Å². The second-order valence-electron chi connectivity index (χ2n) is 2.43. The molecule has 0 fully saturated rings. The quantitative estimate of drug-likeness (QED) is 0.617. The van der Waals surface area contributed by atoms with Gasteiger partial charge >= 0.3 is 5.69 Å². The third-order valence-electron chi connectivity index (χ3n) is 1.32. The van der Waals surface area contributed by atoms with Crippen LogP contribution in [0.4, 0.5) is 0 Å². The van der Waals surface area contributed by atoms with Crippen LogP contribution in [0.3, 0.4) is 0 Å². The summed E-state index contributed by atoms with van der Waals surface area (Å²) < 4.78 is 0. The number of hydrogen-bond donors (Lipinski definition) is 2. The van der Waals surface area contributed by atoms with Crippen LogP contribution in [-0.4, -0.2) is 30.8 Å². The second-order valence-corrected chi connectivity index (χ2v) is 2.43. The molecule has 0 saturated carbocycles. The maximum Gasteiger partial charge on any atom is 0.347 e. The molecule has 2 rings (SSSR count). The highest BCUT2D eigenvalue weighted by molar-refractivity contribution is 5.90. The van der Waals surface area contributed by atoms with Gasteiger partial charge < -0.3 is 5.73 Å². The smallest absolute Gasteiger partial charge is 0.347 e. The van der Waals surface area contributed by atoms with Crippen LogP contribution >= 0.6 is 0 Å². The van der Waals surface area contributed by atoms with Crippen molar-refractivity contribution >= 4 is 5.91 Å². The van der Waals surface area contributed by atoms with Crippen molar-refractivity contribution in [3.05, 3.63) is 47.4 Å². The fraction of sp³-hybridized carbons (Fsp3) is 0. The zero-order valence-corrected chi connectivity index (χ0v) is 8.07. The molecule has 2 heterocycles. The van der Waals surface area contributed by atoms with Crippen LogP contribution in [0, 0.1) is 0 Å². The number of hydrogen-bond acceptors (Lipinski definition) is 6. The first-order chi connectivity index (χ1) is 7.70. The van der Waals surface area contributed by atoms with E-state index in [9.17, 15) is 9.59 Å². The number of amides is 1. The molecular formula is C8H8N6O2. The fourth-order valence-electron chi connectivity index (χ4n) is 0.675. The molecule has 2 aromatic heterocycles. The Balaban J connectivity index is 0.000000165. The first kappa shape index (κ1) is 11.4. The van der Waals surface area contributed by atoms with E-state index in [0.717, 1.165) is 0 Å². The molecule has 0 spiro atoms. The lowest BCUT2D eigenvalue weighted by molar-refractivity contribution is 0.0995. The van der Waals surface area contributed by atoms with Crippen LogP contribution in [0.5, 0.6) is 0 Å². The Bertz CT molecular complexity index is 480. The van der Waals surface area contributed by atoms with Crippen molar-refractivity contribution in [3.8, 4) is 0 Å². The number of nitrogens with zero attached hydrogens (tertiary/aromatic N) is 4. The summed E-state index contributed by atoms with van der Waals surface area (Å²) in [5.41, 5.74) is 4.70. The van der Waals surface area contributed by atoms with Crippen LogP contribution in [-0.2, 0) is 0 Å². The SMILES string of the molecule is NC(=O)c1cnccn1.O=c1ncnc[nH]1. The predicted octanol–water partition coefficient (Wildman–Crippen LogP) is -1.26. The molecule has 0 unspecified atom stereocenters. The third kappa shape index (κ3) is 4.05. The normalized spacial score (nSPS) is 8.75. The highest BCUT2D eigenvalue weighted by Gasteiger charge is 1.97. The number of primary amides is 1. The van der Waals surface area contributed by atoms with Crippen molar-refractivity contribution in [3.63, 3.8) is 0 Å². The molecule has 1 amide bonds. The maximum absolute atomic E-state index is 10.3. The minimum absolute atomic E-state index is 0.192. The Morgan fingerprint density at radius 2 is 2.06 bits per heavy atom. The minimum Gasteiger partial charge on any atom is -0.364 e. The van der Waals surface area contributed by atoms with E-state index >= 15 is 0 Å². The van der Waals surface area contributed by atoms with E-state index in [1.165, 1.54) is 31.2 Å². The zero-order valence-electron chi connectivity index (χ0n) is 8.07. The summed E-state index contributed by atoms with van der Waals surface area (Å²) >= 11 is 0. The summed E-state index contributed by atoms with van der Waals surface area (Å²) in [5.74, 6) is -0.553. The molecule has 8 nitrogen and oxygen atoms in total. The van der Waals surface area contributed by atoms with Gasteiger partial charge in [0.1, 0.15) is 12.0 Å². The number of nitrogens with one attached hydrogen (secondary N) is 1. The fourth-order valence-corrected chi connectivity index (χ4v) is 0.675. The number of aromatic amines is 1. The number of nitrogens with two attached hydrogens (primary N) is 1. The van der Waals surface area contributed by atoms with Crippen molar-refractivity contribution in [2.75, 3.05) is 0 Å². The van der Waals surface area contributed by atoms with Gasteiger partial charge in [-0.05, 0) is 0 Å². The standard InChI is InChI=1S/C5H5N3O.C3H3N3O/c6-5(9)4-3-7-1-2-8-4;7-3-5-1-4-2-6-3/h1-3H,(H2,6,9);1-2H,(H,4,5,6,7). The molecule has 0 radical (unpaired) electrons. The molecule has 3 N–H and O–H groups in total. The molecule has 0 saturated heterocycles. The van der Waals surface area contributed by atoms with Gasteiger partial charge in [0.05, 0.1) is 12.5 Å². The topological polar surface area (TPSA) is 128 Å². The second kappa shape index (κ2) is 5.96. The lowest BCUT2D eigenvalue weighted by Gasteiger charge is -1.87. The highest BCUT2D eigenvalue weighted by Crippen LogP contribution is 1.84. The van der Waals surface area contributed by atoms with E-state index in [4.69, 9.17) is 5.73 Å². The first-order valence-corrected chi connectivity index (χ1v) is 4.10. The molecule has 0 atom stereocenters. The Morgan fingerprint density at radius 1 is 1.25 bits per heavy atom. The summed E-state index contributed by atoms with van der Waals surface area (Å²) in [4.78, 5) is 36.7. The summed E-state index contributed by atoms with van der Waals surface area (Å²) in [6.45, 7) is 0. The van der Waals surface area contributed by atoms with Crippen molar-refractivity contribution in [1.29, 1.82) is 0 Å². The lowest BCUT2D eigenvalue weighted by atomic mass is 10.4. The van der Waals surface area contributed by atoms with Gasteiger partial charge in [-0.15, -0.1) is 0 Å². The summed E-state index contributed by atoms with van der Waals surface area (Å²) in [7, 11) is 0. The van der Waals surface area contributed by atoms with Gasteiger partial charge in [-0.25, -0.2) is 14.8 Å². The van der Waals surface area contributed by atoms with E-state index in [0.29, 0.717) is 0 Å². The first-order valence-electron chi connectivity index (χ1n) is 4.10. The van der Waals surface area contributed by atoms with Gasteiger partial charge in [-0.1, -0.05) is 0 Å². The van der Waals surface area contributed by atoms with E-state index in [1.54, 1.807) is 0 Å². The largest absolute Gasteiger partial charge is 0.364 e. The molecular weight excluding hydrogens is 212 g/mol. The lowest BCUT2D eigenvalue weighted by Crippen LogP contribution is -2.12. The molecule has 82 valence electrons. The third-order valence-corrected chi connectivity index (χ3v) is 1.32. The van der Waals surface area contributed by atoms with Crippen LogP contribution in [0.2, 0.25) is 0 Å². The van der Waals surface area contributed by atoms with Crippen molar-refractivity contribution < 1.29 is 4.79 Å². The molecule has 0 aliphatic carbocycles. The number of rotatable bonds is 1. The molecule has 8 heteroatoms. The number of aromatic nitrogens is 5. The molecule has 0 aromatic carbocycles. The van der Waals surface area contributed by atoms with Crippen LogP contribution in [0.15, 0.2) is 36.0 Å².